The lowest BCUT2D eigenvalue weighted by Gasteiger charge is -2.12. The van der Waals surface area contributed by atoms with Gasteiger partial charge in [0.25, 0.3) is 0 Å². The van der Waals surface area contributed by atoms with Crippen LogP contribution in [0.4, 0.5) is 13.2 Å². The van der Waals surface area contributed by atoms with Crippen molar-refractivity contribution in [3.05, 3.63) is 82.3 Å². The molecule has 142 valence electrons. The Labute approximate surface area is 167 Å². The van der Waals surface area contributed by atoms with E-state index in [1.807, 2.05) is 36.4 Å². The standard InChI is InChI=1S/C21H14BrF3N2O/c22-15-8-9-19(28-12-13-4-3-5-14(10-13)21(23,24)25)16(11-15)20-26-17-6-1-2-7-18(17)27-20/h1-11H,12H2,(H,26,27). The molecule has 0 spiro atoms. The first-order chi connectivity index (χ1) is 13.4. The third-order valence-corrected chi connectivity index (χ3v) is 4.73. The Morgan fingerprint density at radius 1 is 0.964 bits per heavy atom. The fourth-order valence-corrected chi connectivity index (χ4v) is 3.25. The highest BCUT2D eigenvalue weighted by atomic mass is 79.9. The van der Waals surface area contributed by atoms with Gasteiger partial charge in [0.15, 0.2) is 0 Å². The topological polar surface area (TPSA) is 37.9 Å². The minimum atomic E-state index is -4.38. The number of nitrogens with one attached hydrogen (secondary N) is 1. The van der Waals surface area contributed by atoms with Crippen LogP contribution in [0.3, 0.4) is 0 Å². The maximum absolute atomic E-state index is 12.9. The summed E-state index contributed by atoms with van der Waals surface area (Å²) in [5, 5.41) is 0. The van der Waals surface area contributed by atoms with E-state index in [-0.39, 0.29) is 6.61 Å². The Balaban J connectivity index is 1.64. The van der Waals surface area contributed by atoms with Crippen molar-refractivity contribution >= 4 is 27.0 Å². The Bertz CT molecular complexity index is 1100. The first-order valence-electron chi connectivity index (χ1n) is 8.44. The molecule has 0 bridgehead atoms. The molecule has 3 aromatic carbocycles. The molecule has 1 N–H and O–H groups in total. The van der Waals surface area contributed by atoms with Crippen molar-refractivity contribution in [2.24, 2.45) is 0 Å². The number of hydrogen-bond acceptors (Lipinski definition) is 2. The van der Waals surface area contributed by atoms with Crippen molar-refractivity contribution in [1.29, 1.82) is 0 Å². The molecule has 0 amide bonds. The summed E-state index contributed by atoms with van der Waals surface area (Å²) in [6.07, 6.45) is -4.38. The fraction of sp³-hybridized carbons (Fsp3) is 0.0952. The average Bonchev–Trinajstić information content (AvgIpc) is 3.10. The highest BCUT2D eigenvalue weighted by molar-refractivity contribution is 9.10. The van der Waals surface area contributed by atoms with Crippen molar-refractivity contribution in [1.82, 2.24) is 9.97 Å². The Kier molecular flexibility index (Phi) is 4.85. The molecule has 4 aromatic rings. The van der Waals surface area contributed by atoms with E-state index in [0.717, 1.165) is 33.2 Å². The number of H-pyrrole nitrogens is 1. The number of hydrogen-bond donors (Lipinski definition) is 1. The second-order valence-corrected chi connectivity index (χ2v) is 7.15. The van der Waals surface area contributed by atoms with Gasteiger partial charge in [0.05, 0.1) is 22.2 Å². The molecule has 0 aliphatic heterocycles. The molecular formula is C21H14BrF3N2O. The van der Waals surface area contributed by atoms with Gasteiger partial charge in [-0.1, -0.05) is 40.2 Å². The number of aromatic nitrogens is 2. The summed E-state index contributed by atoms with van der Waals surface area (Å²) in [7, 11) is 0. The third-order valence-electron chi connectivity index (χ3n) is 4.23. The number of ether oxygens (including phenoxy) is 1. The molecule has 1 heterocycles. The van der Waals surface area contributed by atoms with Gasteiger partial charge in [0.1, 0.15) is 18.2 Å². The van der Waals surface area contributed by atoms with E-state index < -0.39 is 11.7 Å². The predicted octanol–water partition coefficient (Wildman–Crippen LogP) is 6.59. The van der Waals surface area contributed by atoms with E-state index in [1.54, 1.807) is 12.1 Å². The molecule has 0 aliphatic carbocycles. The van der Waals surface area contributed by atoms with Gasteiger partial charge in [0, 0.05) is 4.47 Å². The summed E-state index contributed by atoms with van der Waals surface area (Å²) in [5.41, 5.74) is 2.18. The van der Waals surface area contributed by atoms with Gasteiger partial charge >= 0.3 is 6.18 Å². The van der Waals surface area contributed by atoms with E-state index in [2.05, 4.69) is 25.9 Å². The van der Waals surface area contributed by atoms with Gasteiger partial charge in [-0.05, 0) is 48.0 Å². The maximum atomic E-state index is 12.9. The summed E-state index contributed by atoms with van der Waals surface area (Å²) in [6.45, 7) is 0.0127. The molecular weight excluding hydrogens is 433 g/mol. The highest BCUT2D eigenvalue weighted by Gasteiger charge is 2.30. The number of alkyl halides is 3. The van der Waals surface area contributed by atoms with Gasteiger partial charge in [-0.25, -0.2) is 4.98 Å². The SMILES string of the molecule is FC(F)(F)c1cccc(COc2ccc(Br)cc2-c2nc3ccccc3[nH]2)c1. The second kappa shape index (κ2) is 7.31. The van der Waals surface area contributed by atoms with Crippen molar-refractivity contribution in [2.75, 3.05) is 0 Å². The third kappa shape index (κ3) is 3.89. The summed E-state index contributed by atoms with van der Waals surface area (Å²) in [6, 6.07) is 18.2. The molecule has 7 heteroatoms. The van der Waals surface area contributed by atoms with E-state index in [1.165, 1.54) is 6.07 Å². The number of benzene rings is 3. The van der Waals surface area contributed by atoms with Crippen LogP contribution >= 0.6 is 15.9 Å². The normalized spacial score (nSPS) is 11.7. The number of para-hydroxylation sites is 2. The van der Waals surface area contributed by atoms with Crippen molar-refractivity contribution in [2.45, 2.75) is 12.8 Å². The largest absolute Gasteiger partial charge is 0.488 e. The zero-order chi connectivity index (χ0) is 19.7. The molecule has 1 aromatic heterocycles. The van der Waals surface area contributed by atoms with E-state index in [9.17, 15) is 13.2 Å². The van der Waals surface area contributed by atoms with Crippen LogP contribution in [-0.4, -0.2) is 9.97 Å². The van der Waals surface area contributed by atoms with E-state index in [0.29, 0.717) is 17.1 Å². The van der Waals surface area contributed by atoms with Crippen molar-refractivity contribution in [3.63, 3.8) is 0 Å². The maximum Gasteiger partial charge on any atom is 0.416 e. The van der Waals surface area contributed by atoms with Gasteiger partial charge < -0.3 is 9.72 Å². The van der Waals surface area contributed by atoms with Gasteiger partial charge in [-0.2, -0.15) is 13.2 Å². The quantitative estimate of drug-likeness (QED) is 0.383. The minimum Gasteiger partial charge on any atom is -0.488 e. The number of fused-ring (bicyclic) bond motifs is 1. The number of imidazole rings is 1. The van der Waals surface area contributed by atoms with E-state index in [4.69, 9.17) is 4.74 Å². The van der Waals surface area contributed by atoms with Crippen LogP contribution in [-0.2, 0) is 12.8 Å². The van der Waals surface area contributed by atoms with Crippen LogP contribution in [0.1, 0.15) is 11.1 Å². The first-order valence-corrected chi connectivity index (χ1v) is 9.23. The lowest BCUT2D eigenvalue weighted by atomic mass is 10.1. The lowest BCUT2D eigenvalue weighted by molar-refractivity contribution is -0.137. The number of halogens is 4. The molecule has 0 saturated heterocycles. The molecule has 0 aliphatic rings. The molecule has 28 heavy (non-hydrogen) atoms. The molecule has 0 fully saturated rings. The van der Waals surface area contributed by atoms with Crippen molar-refractivity contribution < 1.29 is 17.9 Å². The Morgan fingerprint density at radius 2 is 1.79 bits per heavy atom. The molecule has 3 nitrogen and oxygen atoms in total. The molecule has 0 atom stereocenters. The lowest BCUT2D eigenvalue weighted by Crippen LogP contribution is -2.06. The summed E-state index contributed by atoms with van der Waals surface area (Å²) < 4.78 is 45.4. The smallest absolute Gasteiger partial charge is 0.416 e. The minimum absolute atomic E-state index is 0.0127. The molecule has 0 unspecified atom stereocenters. The zero-order valence-electron chi connectivity index (χ0n) is 14.4. The average molecular weight is 447 g/mol. The van der Waals surface area contributed by atoms with Gasteiger partial charge in [-0.3, -0.25) is 0 Å². The fourth-order valence-electron chi connectivity index (χ4n) is 2.89. The summed E-state index contributed by atoms with van der Waals surface area (Å²) >= 11 is 3.44. The highest BCUT2D eigenvalue weighted by Crippen LogP contribution is 2.33. The van der Waals surface area contributed by atoms with Crippen LogP contribution in [0.5, 0.6) is 5.75 Å². The van der Waals surface area contributed by atoms with Crippen LogP contribution in [0.2, 0.25) is 0 Å². The molecule has 0 saturated carbocycles. The first kappa shape index (κ1) is 18.6. The molecule has 0 radical (unpaired) electrons. The number of rotatable bonds is 4. The zero-order valence-corrected chi connectivity index (χ0v) is 16.0. The number of aromatic amines is 1. The van der Waals surface area contributed by atoms with Crippen molar-refractivity contribution in [3.8, 4) is 17.1 Å². The Morgan fingerprint density at radius 3 is 2.57 bits per heavy atom. The van der Waals surface area contributed by atoms with Crippen LogP contribution < -0.4 is 4.74 Å². The van der Waals surface area contributed by atoms with Crippen LogP contribution in [0, 0.1) is 0 Å². The van der Waals surface area contributed by atoms with Crippen LogP contribution in [0.25, 0.3) is 22.4 Å². The Hall–Kier alpha value is -2.80. The summed E-state index contributed by atoms with van der Waals surface area (Å²) in [5.74, 6) is 1.15. The van der Waals surface area contributed by atoms with E-state index >= 15 is 0 Å². The molecule has 4 rings (SSSR count). The van der Waals surface area contributed by atoms with Gasteiger partial charge in [0.2, 0.25) is 0 Å². The monoisotopic (exact) mass is 446 g/mol. The van der Waals surface area contributed by atoms with Crippen LogP contribution in [0.15, 0.2) is 71.2 Å². The summed E-state index contributed by atoms with van der Waals surface area (Å²) in [4.78, 5) is 7.83. The predicted molar refractivity (Wildman–Crippen MR) is 105 cm³/mol. The number of nitrogens with zero attached hydrogens (tertiary/aromatic N) is 1. The van der Waals surface area contributed by atoms with Gasteiger partial charge in [-0.15, -0.1) is 0 Å². The second-order valence-electron chi connectivity index (χ2n) is 6.23.